The largest absolute Gasteiger partial charge is 0.482 e. The Morgan fingerprint density at radius 3 is 1.88 bits per heavy atom. The van der Waals surface area contributed by atoms with Crippen LogP contribution in [0.3, 0.4) is 0 Å². The van der Waals surface area contributed by atoms with Gasteiger partial charge in [-0.2, -0.15) is 0 Å². The van der Waals surface area contributed by atoms with Gasteiger partial charge in [-0.1, -0.05) is 71.5 Å². The molecule has 0 aliphatic heterocycles. The highest BCUT2D eigenvalue weighted by Crippen LogP contribution is 2.45. The Morgan fingerprint density at radius 2 is 1.36 bits per heavy atom. The minimum Gasteiger partial charge on any atom is -0.482 e. The molecular weight excluding hydrogens is 652 g/mol. The average molecular weight is 701 g/mol. The first-order valence-corrected chi connectivity index (χ1v) is 16.4. The highest BCUT2D eigenvalue weighted by atomic mass is 16.6. The number of allylic oxidation sites excluding steroid dienone is 1. The van der Waals surface area contributed by atoms with Crippen molar-refractivity contribution in [1.82, 2.24) is 0 Å². The number of hydrogen-bond donors (Lipinski definition) is 2. The predicted octanol–water partition coefficient (Wildman–Crippen LogP) is 3.23. The molecule has 1 saturated carbocycles. The van der Waals surface area contributed by atoms with E-state index in [1.807, 2.05) is 0 Å². The average Bonchev–Trinajstić information content (AvgIpc) is 3.01. The van der Waals surface area contributed by atoms with Gasteiger partial charge in [0.25, 0.3) is 0 Å². The fourth-order valence-electron chi connectivity index (χ4n) is 6.44. The summed E-state index contributed by atoms with van der Waals surface area (Å²) in [6.45, 7) is 16.4. The molecule has 2 aliphatic rings. The van der Waals surface area contributed by atoms with Gasteiger partial charge in [-0.25, -0.2) is 0 Å². The first-order chi connectivity index (χ1) is 23.0. The van der Waals surface area contributed by atoms with E-state index in [-0.39, 0.29) is 11.3 Å². The standard InChI is InChI=1S/C37H48O13/c1-19(2)34(43)50-27-21(4)28(49-25-14-12-11-13-15-25)29(46-22(5)38)33(48-24(7)40)35(8,9)17-16-20(3)30(41)37(45)18-36(10,44)32(47-23(6)39)26(27)31(37)42/h11-17,19-20,26-29,32-33,44-45H,4,18H2,1-3,5-10H3/b17-16+/t20-,26+,27-,28-,29+,32+,33+,36+,37-/m0/s1. The van der Waals surface area contributed by atoms with Crippen molar-refractivity contribution in [2.75, 3.05) is 0 Å². The molecule has 0 aromatic heterocycles. The number of rotatable bonds is 7. The Labute approximate surface area is 291 Å². The quantitative estimate of drug-likeness (QED) is 0.183. The second kappa shape index (κ2) is 15.3. The summed E-state index contributed by atoms with van der Waals surface area (Å²) in [7, 11) is 0. The molecule has 0 spiro atoms. The fourth-order valence-corrected chi connectivity index (χ4v) is 6.44. The first kappa shape index (κ1) is 40.1. The molecule has 13 nitrogen and oxygen atoms in total. The van der Waals surface area contributed by atoms with Gasteiger partial charge in [0.2, 0.25) is 0 Å². The third kappa shape index (κ3) is 8.67. The van der Waals surface area contributed by atoms with Crippen molar-refractivity contribution in [2.45, 2.75) is 110 Å². The van der Waals surface area contributed by atoms with Crippen molar-refractivity contribution in [3.63, 3.8) is 0 Å². The molecule has 0 saturated heterocycles. The van der Waals surface area contributed by atoms with Crippen LogP contribution in [-0.2, 0) is 47.7 Å². The van der Waals surface area contributed by atoms with Gasteiger partial charge >= 0.3 is 23.9 Å². The molecule has 1 fully saturated rings. The third-order valence-corrected chi connectivity index (χ3v) is 8.89. The Balaban J connectivity index is 2.53. The lowest BCUT2D eigenvalue weighted by Gasteiger charge is -2.49. The number of benzene rings is 1. The van der Waals surface area contributed by atoms with Crippen LogP contribution in [0.4, 0.5) is 0 Å². The van der Waals surface area contributed by atoms with E-state index < -0.39 is 107 Å². The van der Waals surface area contributed by atoms with Gasteiger partial charge in [0.05, 0.1) is 5.92 Å². The summed E-state index contributed by atoms with van der Waals surface area (Å²) in [5.41, 5.74) is -6.62. The normalized spacial score (nSPS) is 33.5. The van der Waals surface area contributed by atoms with Crippen LogP contribution >= 0.6 is 0 Å². The molecule has 0 radical (unpaired) electrons. The molecule has 0 unspecified atom stereocenters. The maximum atomic E-state index is 14.6. The van der Waals surface area contributed by atoms with E-state index in [0.717, 1.165) is 20.8 Å². The van der Waals surface area contributed by atoms with E-state index in [0.29, 0.717) is 0 Å². The lowest BCUT2D eigenvalue weighted by Crippen LogP contribution is -2.69. The number of hydrogen-bond acceptors (Lipinski definition) is 13. The molecule has 274 valence electrons. The van der Waals surface area contributed by atoms with E-state index in [1.165, 1.54) is 39.8 Å². The summed E-state index contributed by atoms with van der Waals surface area (Å²) < 4.78 is 29.5. The van der Waals surface area contributed by atoms with Crippen LogP contribution in [0.15, 0.2) is 54.6 Å². The van der Waals surface area contributed by atoms with Crippen LogP contribution in [0.25, 0.3) is 0 Å². The number of carbonyl (C=O) groups is 6. The van der Waals surface area contributed by atoms with Gasteiger partial charge < -0.3 is 33.9 Å². The summed E-state index contributed by atoms with van der Waals surface area (Å²) in [4.78, 5) is 80.0. The molecular formula is C37H48O13. The molecule has 3 rings (SSSR count). The minimum atomic E-state index is -2.87. The summed E-state index contributed by atoms with van der Waals surface area (Å²) >= 11 is 0. The molecule has 2 N–H and O–H groups in total. The number of ether oxygens (including phenoxy) is 5. The van der Waals surface area contributed by atoms with E-state index in [9.17, 15) is 39.0 Å². The first-order valence-electron chi connectivity index (χ1n) is 16.4. The van der Waals surface area contributed by atoms with Gasteiger partial charge in [0.1, 0.15) is 29.5 Å². The summed E-state index contributed by atoms with van der Waals surface area (Å²) in [6.07, 6.45) is -6.12. The summed E-state index contributed by atoms with van der Waals surface area (Å²) in [5.74, 6) is -9.31. The Hall–Kier alpha value is -4.36. The van der Waals surface area contributed by atoms with Crippen molar-refractivity contribution < 1.29 is 62.7 Å². The number of esters is 4. The van der Waals surface area contributed by atoms with Gasteiger partial charge in [-0.05, 0) is 19.1 Å². The number of para-hydroxylation sites is 1. The molecule has 2 bridgehead atoms. The zero-order valence-corrected chi connectivity index (χ0v) is 30.0. The second-order valence-corrected chi connectivity index (χ2v) is 14.2. The maximum absolute atomic E-state index is 14.6. The summed E-state index contributed by atoms with van der Waals surface area (Å²) in [5, 5.41) is 23.8. The lowest BCUT2D eigenvalue weighted by molar-refractivity contribution is -0.212. The number of aliphatic hydroxyl groups is 2. The number of Topliss-reactive ketones (excluding diaryl/α,β-unsaturated/α-hetero) is 2. The number of fused-ring (bicyclic) bond motifs is 2. The molecule has 50 heavy (non-hydrogen) atoms. The Bertz CT molecular complexity index is 1520. The van der Waals surface area contributed by atoms with Crippen LogP contribution in [0.1, 0.15) is 68.7 Å². The Morgan fingerprint density at radius 1 is 0.820 bits per heavy atom. The second-order valence-electron chi connectivity index (χ2n) is 14.2. The molecule has 0 amide bonds. The molecule has 1 aromatic carbocycles. The highest BCUT2D eigenvalue weighted by molar-refractivity contribution is 6.13. The molecule has 13 heteroatoms. The fraction of sp³-hybridized carbons (Fsp3) is 0.568. The van der Waals surface area contributed by atoms with Crippen LogP contribution in [-0.4, -0.2) is 87.4 Å². The van der Waals surface area contributed by atoms with Gasteiger partial charge in [-0.3, -0.25) is 28.8 Å². The van der Waals surface area contributed by atoms with Crippen molar-refractivity contribution >= 4 is 35.4 Å². The SMILES string of the molecule is C=C1[C@H](Oc2ccccc2)[C@@H](OC(C)=O)[C@@H](OC(C)=O)C(C)(C)/C=C/[C@H](C)C(=O)[C@@]2(O)C[C@@](C)(O)[C@H](OC(C)=O)[C@@H](C2=O)[C@H]1OC(=O)C(C)C. The Kier molecular flexibility index (Phi) is 12.2. The zero-order chi connectivity index (χ0) is 37.9. The van der Waals surface area contributed by atoms with Gasteiger partial charge in [0, 0.05) is 44.1 Å². The lowest BCUT2D eigenvalue weighted by atomic mass is 9.62. The van der Waals surface area contributed by atoms with E-state index in [1.54, 1.807) is 44.2 Å². The van der Waals surface area contributed by atoms with Crippen LogP contribution in [0, 0.1) is 23.2 Å². The topological polar surface area (TPSA) is 189 Å². The monoisotopic (exact) mass is 700 g/mol. The van der Waals surface area contributed by atoms with Gasteiger partial charge in [0.15, 0.2) is 35.5 Å². The van der Waals surface area contributed by atoms with Crippen molar-refractivity contribution in [1.29, 1.82) is 0 Å². The van der Waals surface area contributed by atoms with Crippen molar-refractivity contribution in [3.8, 4) is 5.75 Å². The number of ketones is 2. The number of carbonyl (C=O) groups excluding carboxylic acids is 6. The zero-order valence-electron chi connectivity index (χ0n) is 30.0. The van der Waals surface area contributed by atoms with E-state index in [2.05, 4.69) is 6.58 Å². The molecule has 1 aromatic rings. The van der Waals surface area contributed by atoms with Crippen molar-refractivity contribution in [2.24, 2.45) is 23.2 Å². The van der Waals surface area contributed by atoms with E-state index in [4.69, 9.17) is 23.7 Å². The van der Waals surface area contributed by atoms with Crippen LogP contribution < -0.4 is 4.74 Å². The van der Waals surface area contributed by atoms with Gasteiger partial charge in [-0.15, -0.1) is 0 Å². The van der Waals surface area contributed by atoms with E-state index >= 15 is 0 Å². The van der Waals surface area contributed by atoms with Crippen molar-refractivity contribution in [3.05, 3.63) is 54.6 Å². The molecule has 9 atom stereocenters. The highest BCUT2D eigenvalue weighted by Gasteiger charge is 2.65. The van der Waals surface area contributed by atoms with Crippen LogP contribution in [0.2, 0.25) is 0 Å². The predicted molar refractivity (Wildman–Crippen MR) is 177 cm³/mol. The van der Waals surface area contributed by atoms with Crippen LogP contribution in [0.5, 0.6) is 5.75 Å². The minimum absolute atomic E-state index is 0.197. The summed E-state index contributed by atoms with van der Waals surface area (Å²) in [6, 6.07) is 8.15. The smallest absolute Gasteiger partial charge is 0.308 e. The molecule has 0 heterocycles. The maximum Gasteiger partial charge on any atom is 0.308 e. The molecule has 2 aliphatic carbocycles. The third-order valence-electron chi connectivity index (χ3n) is 8.89.